The third kappa shape index (κ3) is 4.97. The molecule has 0 spiro atoms. The van der Waals surface area contributed by atoms with Crippen LogP contribution in [0, 0.1) is 0 Å². The van der Waals surface area contributed by atoms with Crippen molar-refractivity contribution in [1.29, 1.82) is 0 Å². The van der Waals surface area contributed by atoms with Gasteiger partial charge in [0.05, 0.1) is 12.2 Å². The lowest BCUT2D eigenvalue weighted by atomic mass is 10.1. The second kappa shape index (κ2) is 6.79. The van der Waals surface area contributed by atoms with Crippen molar-refractivity contribution in [3.8, 4) is 5.75 Å². The Balaban J connectivity index is 1.91. The van der Waals surface area contributed by atoms with E-state index in [0.717, 1.165) is 29.3 Å². The van der Waals surface area contributed by atoms with E-state index >= 15 is 0 Å². The molecule has 20 heavy (non-hydrogen) atoms. The maximum absolute atomic E-state index is 6.07. The van der Waals surface area contributed by atoms with E-state index in [9.17, 15) is 0 Å². The quantitative estimate of drug-likeness (QED) is 0.792. The first-order valence-electron chi connectivity index (χ1n) is 7.20. The van der Waals surface area contributed by atoms with Gasteiger partial charge in [0, 0.05) is 36.7 Å². The minimum atomic E-state index is -0.154. The molecule has 0 saturated heterocycles. The highest BCUT2D eigenvalue weighted by molar-refractivity contribution is 6.30. The summed E-state index contributed by atoms with van der Waals surface area (Å²) in [6, 6.07) is 6.48. The molecule has 0 amide bonds. The van der Waals surface area contributed by atoms with Gasteiger partial charge in [-0.25, -0.2) is 0 Å². The summed E-state index contributed by atoms with van der Waals surface area (Å²) in [5, 5.41) is 4.25. The molecular formula is C16H24ClNO2. The van der Waals surface area contributed by atoms with Gasteiger partial charge in [0.25, 0.3) is 0 Å². The molecule has 4 heteroatoms. The summed E-state index contributed by atoms with van der Waals surface area (Å²) in [6.07, 6.45) is 3.40. The normalized spacial score (nSPS) is 15.4. The van der Waals surface area contributed by atoms with Crippen LogP contribution in [0.25, 0.3) is 0 Å². The Morgan fingerprint density at radius 2 is 2.10 bits per heavy atom. The van der Waals surface area contributed by atoms with Gasteiger partial charge in [-0.1, -0.05) is 11.6 Å². The van der Waals surface area contributed by atoms with Crippen LogP contribution in [-0.4, -0.2) is 25.4 Å². The largest absolute Gasteiger partial charge is 0.493 e. The van der Waals surface area contributed by atoms with Crippen LogP contribution in [0.15, 0.2) is 18.2 Å². The van der Waals surface area contributed by atoms with Crippen molar-refractivity contribution in [3.63, 3.8) is 0 Å². The zero-order chi connectivity index (χ0) is 14.6. The summed E-state index contributed by atoms with van der Waals surface area (Å²) in [4.78, 5) is 0. The van der Waals surface area contributed by atoms with Crippen LogP contribution < -0.4 is 10.1 Å². The van der Waals surface area contributed by atoms with Gasteiger partial charge in [0.15, 0.2) is 0 Å². The van der Waals surface area contributed by atoms with Crippen LogP contribution in [0.1, 0.15) is 38.7 Å². The summed E-state index contributed by atoms with van der Waals surface area (Å²) >= 11 is 6.07. The average molecular weight is 298 g/mol. The van der Waals surface area contributed by atoms with Crippen molar-refractivity contribution >= 4 is 11.6 Å². The lowest BCUT2D eigenvalue weighted by Gasteiger charge is -2.23. The van der Waals surface area contributed by atoms with Crippen molar-refractivity contribution < 1.29 is 9.47 Å². The molecule has 1 fully saturated rings. The first-order valence-corrected chi connectivity index (χ1v) is 7.58. The van der Waals surface area contributed by atoms with Crippen molar-refractivity contribution in [2.75, 3.05) is 13.7 Å². The highest BCUT2D eigenvalue weighted by Gasteiger charge is 2.21. The molecule has 0 atom stereocenters. The van der Waals surface area contributed by atoms with Gasteiger partial charge in [-0.3, -0.25) is 0 Å². The van der Waals surface area contributed by atoms with E-state index in [-0.39, 0.29) is 5.60 Å². The summed E-state index contributed by atoms with van der Waals surface area (Å²) in [7, 11) is 1.73. The minimum Gasteiger partial charge on any atom is -0.493 e. The SMILES string of the molecule is COC(C)(C)CCOc1ccc(Cl)cc1CNC1CC1. The predicted octanol–water partition coefficient (Wildman–Crippen LogP) is 3.79. The second-order valence-electron chi connectivity index (χ2n) is 5.97. The monoisotopic (exact) mass is 297 g/mol. The van der Waals surface area contributed by atoms with Gasteiger partial charge in [0.1, 0.15) is 5.75 Å². The maximum atomic E-state index is 6.07. The van der Waals surface area contributed by atoms with Crippen LogP contribution in [0.4, 0.5) is 0 Å². The van der Waals surface area contributed by atoms with Crippen LogP contribution in [0.5, 0.6) is 5.75 Å². The summed E-state index contributed by atoms with van der Waals surface area (Å²) in [5.74, 6) is 0.912. The van der Waals surface area contributed by atoms with Crippen LogP contribution in [0.2, 0.25) is 5.02 Å². The van der Waals surface area contributed by atoms with Crippen molar-refractivity contribution in [2.24, 2.45) is 0 Å². The Morgan fingerprint density at radius 1 is 1.35 bits per heavy atom. The Hall–Kier alpha value is -0.770. The molecule has 0 bridgehead atoms. The highest BCUT2D eigenvalue weighted by atomic mass is 35.5. The Kier molecular flexibility index (Phi) is 5.30. The molecule has 3 nitrogen and oxygen atoms in total. The lowest BCUT2D eigenvalue weighted by Crippen LogP contribution is -2.25. The fourth-order valence-electron chi connectivity index (χ4n) is 1.88. The van der Waals surface area contributed by atoms with Gasteiger partial charge in [-0.05, 0) is 44.9 Å². The Labute approximate surface area is 126 Å². The van der Waals surface area contributed by atoms with E-state index in [2.05, 4.69) is 19.2 Å². The highest BCUT2D eigenvalue weighted by Crippen LogP contribution is 2.26. The van der Waals surface area contributed by atoms with Crippen LogP contribution in [-0.2, 0) is 11.3 Å². The zero-order valence-electron chi connectivity index (χ0n) is 12.5. The van der Waals surface area contributed by atoms with Crippen LogP contribution >= 0.6 is 11.6 Å². The number of hydrogen-bond acceptors (Lipinski definition) is 3. The molecule has 0 unspecified atom stereocenters. The average Bonchev–Trinajstić information content (AvgIpc) is 3.22. The number of nitrogens with one attached hydrogen (secondary N) is 1. The van der Waals surface area contributed by atoms with E-state index in [1.165, 1.54) is 12.8 Å². The number of rotatable bonds is 8. The molecule has 1 N–H and O–H groups in total. The summed E-state index contributed by atoms with van der Waals surface area (Å²) in [5.41, 5.74) is 0.971. The summed E-state index contributed by atoms with van der Waals surface area (Å²) in [6.45, 7) is 5.58. The van der Waals surface area contributed by atoms with Crippen molar-refractivity contribution in [2.45, 2.75) is 51.3 Å². The fourth-order valence-corrected chi connectivity index (χ4v) is 2.07. The number of halogens is 1. The lowest BCUT2D eigenvalue weighted by molar-refractivity contribution is 0.00537. The molecule has 0 heterocycles. The van der Waals surface area contributed by atoms with E-state index in [0.29, 0.717) is 12.6 Å². The topological polar surface area (TPSA) is 30.5 Å². The molecule has 0 aliphatic heterocycles. The first-order chi connectivity index (χ1) is 9.50. The van der Waals surface area contributed by atoms with E-state index in [1.54, 1.807) is 7.11 Å². The number of methoxy groups -OCH3 is 1. The van der Waals surface area contributed by atoms with Gasteiger partial charge in [-0.15, -0.1) is 0 Å². The third-order valence-corrected chi connectivity index (χ3v) is 3.93. The molecule has 0 radical (unpaired) electrons. The predicted molar refractivity (Wildman–Crippen MR) is 82.5 cm³/mol. The van der Waals surface area contributed by atoms with Gasteiger partial charge < -0.3 is 14.8 Å². The zero-order valence-corrected chi connectivity index (χ0v) is 13.3. The van der Waals surface area contributed by atoms with Gasteiger partial charge >= 0.3 is 0 Å². The Morgan fingerprint density at radius 3 is 2.75 bits per heavy atom. The smallest absolute Gasteiger partial charge is 0.123 e. The molecule has 1 aliphatic rings. The number of ether oxygens (including phenoxy) is 2. The molecule has 1 aliphatic carbocycles. The molecule has 0 aromatic heterocycles. The van der Waals surface area contributed by atoms with Gasteiger partial charge in [-0.2, -0.15) is 0 Å². The standard InChI is InChI=1S/C16H24ClNO2/c1-16(2,19-3)8-9-20-15-7-4-13(17)10-12(15)11-18-14-5-6-14/h4,7,10,14,18H,5-6,8-9,11H2,1-3H3. The Bertz CT molecular complexity index is 444. The van der Waals surface area contributed by atoms with Gasteiger partial charge in [0.2, 0.25) is 0 Å². The molecule has 1 saturated carbocycles. The van der Waals surface area contributed by atoms with Crippen molar-refractivity contribution in [1.82, 2.24) is 5.32 Å². The van der Waals surface area contributed by atoms with E-state index in [1.807, 2.05) is 18.2 Å². The fraction of sp³-hybridized carbons (Fsp3) is 0.625. The minimum absolute atomic E-state index is 0.154. The van der Waals surface area contributed by atoms with Crippen LogP contribution in [0.3, 0.4) is 0 Å². The summed E-state index contributed by atoms with van der Waals surface area (Å²) < 4.78 is 11.3. The molecular weight excluding hydrogens is 274 g/mol. The second-order valence-corrected chi connectivity index (χ2v) is 6.41. The van der Waals surface area contributed by atoms with E-state index < -0.39 is 0 Å². The molecule has 112 valence electrons. The third-order valence-electron chi connectivity index (χ3n) is 3.70. The molecule has 2 rings (SSSR count). The molecule has 1 aromatic rings. The first kappa shape index (κ1) is 15.6. The maximum Gasteiger partial charge on any atom is 0.123 e. The van der Waals surface area contributed by atoms with Crippen molar-refractivity contribution in [3.05, 3.63) is 28.8 Å². The number of hydrogen-bond donors (Lipinski definition) is 1. The number of benzene rings is 1. The van der Waals surface area contributed by atoms with E-state index in [4.69, 9.17) is 21.1 Å². The molecule has 1 aromatic carbocycles.